The number of amides is 1. The van der Waals surface area contributed by atoms with Gasteiger partial charge in [-0.15, -0.1) is 0 Å². The molecule has 2 atom stereocenters. The molecule has 3 heterocycles. The average molecular weight is 328 g/mol. The molecule has 3 rings (SSSR count). The first-order valence-corrected chi connectivity index (χ1v) is 8.64. The zero-order chi connectivity index (χ0) is 16.8. The third-order valence-electron chi connectivity index (χ3n) is 4.67. The number of rotatable bonds is 5. The molecule has 5 heteroatoms. The summed E-state index contributed by atoms with van der Waals surface area (Å²) in [7, 11) is 0. The molecular weight excluding hydrogens is 304 g/mol. The monoisotopic (exact) mass is 328 g/mol. The predicted octanol–water partition coefficient (Wildman–Crippen LogP) is 3.11. The van der Waals surface area contributed by atoms with Gasteiger partial charge in [0.25, 0.3) is 0 Å². The van der Waals surface area contributed by atoms with Crippen LogP contribution in [0.1, 0.15) is 49.5 Å². The fourth-order valence-corrected chi connectivity index (χ4v) is 3.38. The smallest absolute Gasteiger partial charge is 0.227 e. The SMILES string of the molecule is O=C(Cc1ccncc1)N1CCCCC[C@@H]1C[C@@H](O)c1ccco1. The largest absolute Gasteiger partial charge is 0.467 e. The van der Waals surface area contributed by atoms with Crippen LogP contribution in [0.3, 0.4) is 0 Å². The normalized spacial score (nSPS) is 19.7. The van der Waals surface area contributed by atoms with E-state index in [1.807, 2.05) is 17.0 Å². The van der Waals surface area contributed by atoms with Crippen molar-refractivity contribution >= 4 is 5.91 Å². The number of pyridine rings is 1. The molecule has 1 amide bonds. The fraction of sp³-hybridized carbons (Fsp3) is 0.474. The van der Waals surface area contributed by atoms with Gasteiger partial charge in [-0.05, 0) is 42.7 Å². The second kappa shape index (κ2) is 8.11. The molecule has 0 bridgehead atoms. The Hall–Kier alpha value is -2.14. The second-order valence-electron chi connectivity index (χ2n) is 6.39. The summed E-state index contributed by atoms with van der Waals surface area (Å²) in [6, 6.07) is 7.37. The van der Waals surface area contributed by atoms with Gasteiger partial charge in [-0.1, -0.05) is 12.8 Å². The van der Waals surface area contributed by atoms with Crippen LogP contribution in [0.25, 0.3) is 0 Å². The third-order valence-corrected chi connectivity index (χ3v) is 4.67. The minimum Gasteiger partial charge on any atom is -0.467 e. The molecule has 1 saturated heterocycles. The highest BCUT2D eigenvalue weighted by atomic mass is 16.4. The second-order valence-corrected chi connectivity index (χ2v) is 6.39. The van der Waals surface area contributed by atoms with E-state index in [4.69, 9.17) is 4.42 Å². The van der Waals surface area contributed by atoms with Crippen LogP contribution in [0.4, 0.5) is 0 Å². The van der Waals surface area contributed by atoms with Crippen molar-refractivity contribution in [3.8, 4) is 0 Å². The molecule has 1 fully saturated rings. The standard InChI is InChI=1S/C19H24N2O3/c22-17(18-6-4-12-24-18)14-16-5-2-1-3-11-21(16)19(23)13-15-7-9-20-10-8-15/h4,6-10,12,16-17,22H,1-3,5,11,13-14H2/t16-,17-/m1/s1. The Morgan fingerprint density at radius 2 is 2.12 bits per heavy atom. The summed E-state index contributed by atoms with van der Waals surface area (Å²) in [4.78, 5) is 18.8. The Morgan fingerprint density at radius 3 is 2.88 bits per heavy atom. The summed E-state index contributed by atoms with van der Waals surface area (Å²) in [5.41, 5.74) is 0.976. The van der Waals surface area contributed by atoms with Crippen molar-refractivity contribution in [3.63, 3.8) is 0 Å². The minimum atomic E-state index is -0.667. The summed E-state index contributed by atoms with van der Waals surface area (Å²) >= 11 is 0. The van der Waals surface area contributed by atoms with Gasteiger partial charge in [-0.25, -0.2) is 0 Å². The van der Waals surface area contributed by atoms with Crippen LogP contribution >= 0.6 is 0 Å². The Balaban J connectivity index is 1.68. The maximum atomic E-state index is 12.8. The van der Waals surface area contributed by atoms with Crippen LogP contribution in [-0.2, 0) is 11.2 Å². The van der Waals surface area contributed by atoms with E-state index in [-0.39, 0.29) is 11.9 Å². The van der Waals surface area contributed by atoms with Gasteiger partial charge in [-0.3, -0.25) is 9.78 Å². The zero-order valence-electron chi connectivity index (χ0n) is 13.8. The quantitative estimate of drug-likeness (QED) is 0.916. The topological polar surface area (TPSA) is 66.6 Å². The van der Waals surface area contributed by atoms with Crippen molar-refractivity contribution in [3.05, 3.63) is 54.2 Å². The van der Waals surface area contributed by atoms with Gasteiger partial charge < -0.3 is 14.4 Å². The lowest BCUT2D eigenvalue weighted by Crippen LogP contribution is -2.41. The van der Waals surface area contributed by atoms with Gasteiger partial charge >= 0.3 is 0 Å². The van der Waals surface area contributed by atoms with Gasteiger partial charge in [0, 0.05) is 31.4 Å². The lowest BCUT2D eigenvalue weighted by Gasteiger charge is -2.31. The van der Waals surface area contributed by atoms with E-state index >= 15 is 0 Å². The van der Waals surface area contributed by atoms with Gasteiger partial charge in [0.15, 0.2) is 0 Å². The maximum absolute atomic E-state index is 12.8. The van der Waals surface area contributed by atoms with E-state index in [2.05, 4.69) is 4.98 Å². The number of nitrogens with zero attached hydrogens (tertiary/aromatic N) is 2. The first kappa shape index (κ1) is 16.7. The maximum Gasteiger partial charge on any atom is 0.227 e. The lowest BCUT2D eigenvalue weighted by molar-refractivity contribution is -0.133. The van der Waals surface area contributed by atoms with Crippen LogP contribution < -0.4 is 0 Å². The van der Waals surface area contributed by atoms with Crippen molar-refractivity contribution in [2.24, 2.45) is 0 Å². The molecule has 2 aromatic heterocycles. The van der Waals surface area contributed by atoms with Crippen LogP contribution in [0.15, 0.2) is 47.3 Å². The molecule has 0 aliphatic carbocycles. The van der Waals surface area contributed by atoms with Crippen molar-refractivity contribution in [1.82, 2.24) is 9.88 Å². The number of hydrogen-bond donors (Lipinski definition) is 1. The first-order chi connectivity index (χ1) is 11.7. The zero-order valence-corrected chi connectivity index (χ0v) is 13.8. The van der Waals surface area contributed by atoms with E-state index in [0.29, 0.717) is 18.6 Å². The number of aromatic nitrogens is 1. The van der Waals surface area contributed by atoms with E-state index in [1.165, 1.54) is 0 Å². The Labute approximate surface area is 142 Å². The Morgan fingerprint density at radius 1 is 1.29 bits per heavy atom. The van der Waals surface area contributed by atoms with Crippen molar-refractivity contribution < 1.29 is 14.3 Å². The molecule has 24 heavy (non-hydrogen) atoms. The number of aliphatic hydroxyl groups is 1. The highest BCUT2D eigenvalue weighted by Gasteiger charge is 2.28. The molecule has 1 aliphatic rings. The molecule has 5 nitrogen and oxygen atoms in total. The van der Waals surface area contributed by atoms with Gasteiger partial charge in [0.2, 0.25) is 5.91 Å². The van der Waals surface area contributed by atoms with E-state index in [0.717, 1.165) is 37.8 Å². The molecule has 1 aliphatic heterocycles. The van der Waals surface area contributed by atoms with E-state index in [9.17, 15) is 9.90 Å². The van der Waals surface area contributed by atoms with Gasteiger partial charge in [0.05, 0.1) is 12.7 Å². The van der Waals surface area contributed by atoms with Crippen LogP contribution in [0.5, 0.6) is 0 Å². The Kier molecular flexibility index (Phi) is 5.64. The molecule has 0 aromatic carbocycles. The highest BCUT2D eigenvalue weighted by molar-refractivity contribution is 5.79. The molecule has 128 valence electrons. The number of carbonyl (C=O) groups is 1. The van der Waals surface area contributed by atoms with Crippen molar-refractivity contribution in [1.29, 1.82) is 0 Å². The average Bonchev–Trinajstić information content (AvgIpc) is 3.03. The van der Waals surface area contributed by atoms with E-state index < -0.39 is 6.10 Å². The number of hydrogen-bond acceptors (Lipinski definition) is 4. The molecule has 2 aromatic rings. The summed E-state index contributed by atoms with van der Waals surface area (Å²) < 4.78 is 5.30. The van der Waals surface area contributed by atoms with Crippen LogP contribution in [0.2, 0.25) is 0 Å². The fourth-order valence-electron chi connectivity index (χ4n) is 3.38. The molecule has 0 saturated carbocycles. The number of furan rings is 1. The number of likely N-dealkylation sites (tertiary alicyclic amines) is 1. The summed E-state index contributed by atoms with van der Waals surface area (Å²) in [5, 5.41) is 10.4. The minimum absolute atomic E-state index is 0.0573. The number of carbonyl (C=O) groups excluding carboxylic acids is 1. The predicted molar refractivity (Wildman–Crippen MR) is 90.2 cm³/mol. The highest BCUT2D eigenvalue weighted by Crippen LogP contribution is 2.27. The molecule has 0 unspecified atom stereocenters. The Bertz CT molecular complexity index is 627. The lowest BCUT2D eigenvalue weighted by atomic mass is 10.0. The first-order valence-electron chi connectivity index (χ1n) is 8.64. The third kappa shape index (κ3) is 4.23. The molecular formula is C19H24N2O3. The molecule has 1 N–H and O–H groups in total. The van der Waals surface area contributed by atoms with Crippen molar-refractivity contribution in [2.45, 2.75) is 50.7 Å². The van der Waals surface area contributed by atoms with Gasteiger partial charge in [0.1, 0.15) is 11.9 Å². The molecule has 0 spiro atoms. The molecule has 0 radical (unpaired) electrons. The summed E-state index contributed by atoms with van der Waals surface area (Å²) in [5.74, 6) is 0.695. The van der Waals surface area contributed by atoms with E-state index in [1.54, 1.807) is 30.8 Å². The van der Waals surface area contributed by atoms with Crippen molar-refractivity contribution in [2.75, 3.05) is 6.54 Å². The summed E-state index contributed by atoms with van der Waals surface area (Å²) in [6.07, 6.45) is 9.41. The van der Waals surface area contributed by atoms with Crippen LogP contribution in [0, 0.1) is 0 Å². The number of aliphatic hydroxyl groups excluding tert-OH is 1. The van der Waals surface area contributed by atoms with Gasteiger partial charge in [-0.2, -0.15) is 0 Å². The summed E-state index contributed by atoms with van der Waals surface area (Å²) in [6.45, 7) is 0.763. The van der Waals surface area contributed by atoms with Crippen LogP contribution in [-0.4, -0.2) is 33.5 Å².